The third kappa shape index (κ3) is 3.91. The Labute approximate surface area is 91.5 Å². The first-order valence-electron chi connectivity index (χ1n) is 5.54. The predicted octanol–water partition coefficient (Wildman–Crippen LogP) is 1.08. The number of carbonyl (C=O) groups is 1. The van der Waals surface area contributed by atoms with E-state index in [9.17, 15) is 4.79 Å². The van der Waals surface area contributed by atoms with Crippen LogP contribution < -0.4 is 11.1 Å². The number of nitrogens with two attached hydrogens (primary N) is 1. The molecule has 0 bridgehead atoms. The number of urea groups is 1. The van der Waals surface area contributed by atoms with Crippen LogP contribution in [0, 0.1) is 0 Å². The standard InChI is InChI=1S/C11H21N3O/c1-3-4-9(2)13-10-5-7-14(8-6-10)11(12)15/h3,9-10,13H,1,4-8H2,2H3,(H2,12,15). The molecule has 15 heavy (non-hydrogen) atoms. The summed E-state index contributed by atoms with van der Waals surface area (Å²) in [4.78, 5) is 12.6. The summed E-state index contributed by atoms with van der Waals surface area (Å²) in [6, 6.07) is 0.677. The van der Waals surface area contributed by atoms with Gasteiger partial charge in [0.1, 0.15) is 0 Å². The van der Waals surface area contributed by atoms with E-state index in [2.05, 4.69) is 18.8 Å². The van der Waals surface area contributed by atoms with Crippen molar-refractivity contribution in [3.8, 4) is 0 Å². The average Bonchev–Trinajstić information content (AvgIpc) is 2.18. The van der Waals surface area contributed by atoms with E-state index in [0.29, 0.717) is 12.1 Å². The first kappa shape index (κ1) is 12.0. The molecular weight excluding hydrogens is 190 g/mol. The Morgan fingerprint density at radius 2 is 2.27 bits per heavy atom. The van der Waals surface area contributed by atoms with E-state index in [-0.39, 0.29) is 6.03 Å². The van der Waals surface area contributed by atoms with E-state index in [1.54, 1.807) is 4.90 Å². The minimum Gasteiger partial charge on any atom is -0.351 e. The van der Waals surface area contributed by atoms with E-state index in [1.165, 1.54) is 0 Å². The Morgan fingerprint density at radius 3 is 2.73 bits per heavy atom. The summed E-state index contributed by atoms with van der Waals surface area (Å²) in [7, 11) is 0. The minimum absolute atomic E-state index is 0.299. The number of rotatable bonds is 4. The quantitative estimate of drug-likeness (QED) is 0.684. The van der Waals surface area contributed by atoms with Crippen LogP contribution in [0.2, 0.25) is 0 Å². The van der Waals surface area contributed by atoms with Crippen molar-refractivity contribution in [2.75, 3.05) is 13.1 Å². The van der Waals surface area contributed by atoms with Gasteiger partial charge in [0.2, 0.25) is 0 Å². The molecule has 0 aromatic heterocycles. The van der Waals surface area contributed by atoms with Gasteiger partial charge in [-0.2, -0.15) is 0 Å². The normalized spacial score (nSPS) is 19.9. The number of nitrogens with one attached hydrogen (secondary N) is 1. The second-order valence-corrected chi connectivity index (χ2v) is 4.19. The molecule has 1 unspecified atom stereocenters. The van der Waals surface area contributed by atoms with Gasteiger partial charge >= 0.3 is 6.03 Å². The third-order valence-electron chi connectivity index (χ3n) is 2.85. The first-order chi connectivity index (χ1) is 7.13. The second-order valence-electron chi connectivity index (χ2n) is 4.19. The molecule has 1 aliphatic heterocycles. The highest BCUT2D eigenvalue weighted by atomic mass is 16.2. The van der Waals surface area contributed by atoms with Gasteiger partial charge in [0.15, 0.2) is 0 Å². The Bertz CT molecular complexity index is 222. The molecule has 0 aromatic rings. The van der Waals surface area contributed by atoms with Crippen LogP contribution in [0.25, 0.3) is 0 Å². The first-order valence-corrected chi connectivity index (χ1v) is 5.54. The average molecular weight is 211 g/mol. The van der Waals surface area contributed by atoms with Gasteiger partial charge in [0.25, 0.3) is 0 Å². The molecule has 2 amide bonds. The summed E-state index contributed by atoms with van der Waals surface area (Å²) in [5.41, 5.74) is 5.21. The van der Waals surface area contributed by atoms with Crippen LogP contribution in [0.4, 0.5) is 4.79 Å². The fraction of sp³-hybridized carbons (Fsp3) is 0.727. The molecule has 86 valence electrons. The zero-order valence-corrected chi connectivity index (χ0v) is 9.41. The molecule has 4 nitrogen and oxygen atoms in total. The lowest BCUT2D eigenvalue weighted by molar-refractivity contribution is 0.183. The largest absolute Gasteiger partial charge is 0.351 e. The van der Waals surface area contributed by atoms with Crippen LogP contribution >= 0.6 is 0 Å². The van der Waals surface area contributed by atoms with Crippen molar-refractivity contribution in [3.05, 3.63) is 12.7 Å². The molecule has 0 aliphatic carbocycles. The van der Waals surface area contributed by atoms with Crippen molar-refractivity contribution in [3.63, 3.8) is 0 Å². The fourth-order valence-corrected chi connectivity index (χ4v) is 1.99. The van der Waals surface area contributed by atoms with Gasteiger partial charge in [-0.1, -0.05) is 6.08 Å². The van der Waals surface area contributed by atoms with Gasteiger partial charge < -0.3 is 16.0 Å². The van der Waals surface area contributed by atoms with Crippen molar-refractivity contribution >= 4 is 6.03 Å². The molecule has 0 radical (unpaired) electrons. The highest BCUT2D eigenvalue weighted by Gasteiger charge is 2.21. The maximum absolute atomic E-state index is 10.9. The van der Waals surface area contributed by atoms with E-state index < -0.39 is 0 Å². The topological polar surface area (TPSA) is 58.4 Å². The smallest absolute Gasteiger partial charge is 0.314 e. The van der Waals surface area contributed by atoms with E-state index in [4.69, 9.17) is 5.73 Å². The molecule has 3 N–H and O–H groups in total. The number of primary amides is 1. The maximum atomic E-state index is 10.9. The number of piperidine rings is 1. The van der Waals surface area contributed by atoms with Crippen molar-refractivity contribution in [1.82, 2.24) is 10.2 Å². The number of nitrogens with zero attached hydrogens (tertiary/aromatic N) is 1. The lowest BCUT2D eigenvalue weighted by atomic mass is 10.0. The molecule has 1 atom stereocenters. The maximum Gasteiger partial charge on any atom is 0.314 e. The summed E-state index contributed by atoms with van der Waals surface area (Å²) in [6.07, 6.45) is 4.89. The molecule has 1 heterocycles. The molecule has 0 spiro atoms. The van der Waals surface area contributed by atoms with Crippen LogP contribution in [0.3, 0.4) is 0 Å². The summed E-state index contributed by atoms with van der Waals surface area (Å²) in [6.45, 7) is 7.42. The zero-order chi connectivity index (χ0) is 11.3. The number of amides is 2. The summed E-state index contributed by atoms with van der Waals surface area (Å²) < 4.78 is 0. The number of hydrogen-bond donors (Lipinski definition) is 2. The summed E-state index contributed by atoms with van der Waals surface area (Å²) in [5, 5.41) is 3.53. The SMILES string of the molecule is C=CCC(C)NC1CCN(C(N)=O)CC1. The summed E-state index contributed by atoms with van der Waals surface area (Å²) in [5.74, 6) is 0. The van der Waals surface area contributed by atoms with Gasteiger partial charge in [-0.15, -0.1) is 6.58 Å². The highest BCUT2D eigenvalue weighted by molar-refractivity contribution is 5.72. The second kappa shape index (κ2) is 5.75. The lowest BCUT2D eigenvalue weighted by Crippen LogP contribution is -2.48. The number of hydrogen-bond acceptors (Lipinski definition) is 2. The molecule has 1 aliphatic rings. The number of likely N-dealkylation sites (tertiary alicyclic amines) is 1. The summed E-state index contributed by atoms with van der Waals surface area (Å²) >= 11 is 0. The van der Waals surface area contributed by atoms with Gasteiger partial charge in [-0.25, -0.2) is 4.79 Å². The monoisotopic (exact) mass is 211 g/mol. The molecule has 4 heteroatoms. The Morgan fingerprint density at radius 1 is 1.67 bits per heavy atom. The molecule has 0 saturated carbocycles. The van der Waals surface area contributed by atoms with Gasteiger partial charge in [0, 0.05) is 25.2 Å². The van der Waals surface area contributed by atoms with Gasteiger partial charge in [-0.05, 0) is 26.2 Å². The lowest BCUT2D eigenvalue weighted by Gasteiger charge is -2.32. The van der Waals surface area contributed by atoms with Crippen LogP contribution in [0.1, 0.15) is 26.2 Å². The van der Waals surface area contributed by atoms with Crippen LogP contribution in [-0.4, -0.2) is 36.1 Å². The van der Waals surface area contributed by atoms with Gasteiger partial charge in [0.05, 0.1) is 0 Å². The van der Waals surface area contributed by atoms with Crippen molar-refractivity contribution in [1.29, 1.82) is 0 Å². The molecule has 0 aromatic carbocycles. The molecule has 1 rings (SSSR count). The van der Waals surface area contributed by atoms with E-state index >= 15 is 0 Å². The Kier molecular flexibility index (Phi) is 4.62. The third-order valence-corrected chi connectivity index (χ3v) is 2.85. The van der Waals surface area contributed by atoms with Crippen LogP contribution in [-0.2, 0) is 0 Å². The fourth-order valence-electron chi connectivity index (χ4n) is 1.99. The van der Waals surface area contributed by atoms with E-state index in [1.807, 2.05) is 6.08 Å². The van der Waals surface area contributed by atoms with Gasteiger partial charge in [-0.3, -0.25) is 0 Å². The van der Waals surface area contributed by atoms with Crippen molar-refractivity contribution in [2.45, 2.75) is 38.3 Å². The minimum atomic E-state index is -0.299. The van der Waals surface area contributed by atoms with Crippen molar-refractivity contribution in [2.24, 2.45) is 5.73 Å². The molecule has 1 fully saturated rings. The Balaban J connectivity index is 2.25. The Hall–Kier alpha value is -1.03. The molecule has 1 saturated heterocycles. The highest BCUT2D eigenvalue weighted by Crippen LogP contribution is 2.11. The van der Waals surface area contributed by atoms with Crippen molar-refractivity contribution < 1.29 is 4.79 Å². The van der Waals surface area contributed by atoms with Crippen LogP contribution in [0.15, 0.2) is 12.7 Å². The molecular formula is C11H21N3O. The van der Waals surface area contributed by atoms with E-state index in [0.717, 1.165) is 32.4 Å². The number of carbonyl (C=O) groups excluding carboxylic acids is 1. The zero-order valence-electron chi connectivity index (χ0n) is 9.41. The van der Waals surface area contributed by atoms with Crippen LogP contribution in [0.5, 0.6) is 0 Å². The predicted molar refractivity (Wildman–Crippen MR) is 61.6 cm³/mol.